The molecule has 1 aromatic carbocycles. The lowest BCUT2D eigenvalue weighted by atomic mass is 9.96. The highest BCUT2D eigenvalue weighted by Crippen LogP contribution is 2.22. The zero-order valence-corrected chi connectivity index (χ0v) is 18.2. The highest BCUT2D eigenvalue weighted by atomic mass is 16.5. The molecule has 31 heavy (non-hydrogen) atoms. The number of aromatic nitrogens is 4. The van der Waals surface area contributed by atoms with Gasteiger partial charge in [0.1, 0.15) is 5.75 Å². The van der Waals surface area contributed by atoms with Crippen molar-refractivity contribution in [1.29, 1.82) is 0 Å². The molecule has 3 aromatic rings. The van der Waals surface area contributed by atoms with Crippen LogP contribution in [0.15, 0.2) is 42.6 Å². The summed E-state index contributed by atoms with van der Waals surface area (Å²) in [6, 6.07) is 11.6. The van der Waals surface area contributed by atoms with Gasteiger partial charge in [0.05, 0.1) is 12.8 Å². The summed E-state index contributed by atoms with van der Waals surface area (Å²) >= 11 is 0. The Hall–Kier alpha value is -3.42. The Morgan fingerprint density at radius 1 is 1.19 bits per heavy atom. The van der Waals surface area contributed by atoms with E-state index >= 15 is 0 Å². The molecule has 2 aromatic heterocycles. The number of amides is 1. The molecule has 0 bridgehead atoms. The Morgan fingerprint density at radius 3 is 2.71 bits per heavy atom. The lowest BCUT2D eigenvalue weighted by molar-refractivity contribution is -0.125. The van der Waals surface area contributed by atoms with Crippen LogP contribution in [-0.4, -0.2) is 45.9 Å². The van der Waals surface area contributed by atoms with Crippen molar-refractivity contribution >= 4 is 11.9 Å². The number of hydrogen-bond donors (Lipinski definition) is 1. The molecule has 1 N–H and O–H groups in total. The van der Waals surface area contributed by atoms with Gasteiger partial charge in [0.25, 0.3) is 0 Å². The van der Waals surface area contributed by atoms with Gasteiger partial charge in [-0.3, -0.25) is 4.79 Å². The van der Waals surface area contributed by atoms with E-state index in [9.17, 15) is 4.79 Å². The SMILES string of the molecule is COc1cccc(CNC(=O)C2CCN(c3nccc(-n4nc(C)cc4C)n3)CC2)c1. The summed E-state index contributed by atoms with van der Waals surface area (Å²) in [6.07, 6.45) is 3.32. The van der Waals surface area contributed by atoms with Crippen molar-refractivity contribution in [3.8, 4) is 11.6 Å². The van der Waals surface area contributed by atoms with Gasteiger partial charge < -0.3 is 15.0 Å². The summed E-state index contributed by atoms with van der Waals surface area (Å²) < 4.78 is 7.07. The Bertz CT molecular complexity index is 1060. The summed E-state index contributed by atoms with van der Waals surface area (Å²) in [4.78, 5) is 23.9. The number of methoxy groups -OCH3 is 1. The molecule has 1 aliphatic rings. The Morgan fingerprint density at radius 2 is 2.00 bits per heavy atom. The number of rotatable bonds is 6. The summed E-state index contributed by atoms with van der Waals surface area (Å²) in [6.45, 7) is 5.98. The third kappa shape index (κ3) is 4.84. The number of anilines is 1. The quantitative estimate of drug-likeness (QED) is 0.660. The smallest absolute Gasteiger partial charge is 0.227 e. The predicted octanol–water partition coefficient (Wildman–Crippen LogP) is 2.82. The first kappa shape index (κ1) is 20.8. The molecule has 162 valence electrons. The second-order valence-electron chi connectivity index (χ2n) is 7.88. The van der Waals surface area contributed by atoms with Gasteiger partial charge in [-0.25, -0.2) is 9.67 Å². The Balaban J connectivity index is 1.33. The second-order valence-corrected chi connectivity index (χ2v) is 7.88. The molecule has 1 fully saturated rings. The molecule has 0 unspecified atom stereocenters. The number of nitrogens with one attached hydrogen (secondary N) is 1. The van der Waals surface area contributed by atoms with E-state index in [2.05, 4.69) is 20.3 Å². The lowest BCUT2D eigenvalue weighted by Crippen LogP contribution is -2.41. The minimum atomic E-state index is 0.000972. The van der Waals surface area contributed by atoms with Crippen LogP contribution in [0.25, 0.3) is 5.82 Å². The van der Waals surface area contributed by atoms with Crippen LogP contribution in [0.5, 0.6) is 5.75 Å². The van der Waals surface area contributed by atoms with Crippen LogP contribution in [0, 0.1) is 19.8 Å². The molecule has 0 atom stereocenters. The van der Waals surface area contributed by atoms with Crippen LogP contribution in [0.3, 0.4) is 0 Å². The molecule has 0 aliphatic carbocycles. The number of piperidine rings is 1. The van der Waals surface area contributed by atoms with Crippen LogP contribution < -0.4 is 15.0 Å². The molecule has 1 saturated heterocycles. The normalized spacial score (nSPS) is 14.5. The van der Waals surface area contributed by atoms with Gasteiger partial charge in [0.15, 0.2) is 5.82 Å². The monoisotopic (exact) mass is 420 g/mol. The van der Waals surface area contributed by atoms with Crippen LogP contribution in [-0.2, 0) is 11.3 Å². The lowest BCUT2D eigenvalue weighted by Gasteiger charge is -2.31. The molecule has 8 heteroatoms. The average molecular weight is 421 g/mol. The van der Waals surface area contributed by atoms with Crippen LogP contribution >= 0.6 is 0 Å². The van der Waals surface area contributed by atoms with Crippen LogP contribution in [0.1, 0.15) is 29.8 Å². The van der Waals surface area contributed by atoms with E-state index in [4.69, 9.17) is 9.72 Å². The Labute approximate surface area is 182 Å². The van der Waals surface area contributed by atoms with Crippen molar-refractivity contribution in [3.63, 3.8) is 0 Å². The highest BCUT2D eigenvalue weighted by molar-refractivity contribution is 5.79. The molecular weight excluding hydrogens is 392 g/mol. The first-order valence-corrected chi connectivity index (χ1v) is 10.6. The Kier molecular flexibility index (Phi) is 6.16. The minimum absolute atomic E-state index is 0.000972. The summed E-state index contributed by atoms with van der Waals surface area (Å²) in [7, 11) is 1.64. The van der Waals surface area contributed by atoms with Crippen molar-refractivity contribution in [2.45, 2.75) is 33.2 Å². The van der Waals surface area contributed by atoms with Gasteiger partial charge in [-0.15, -0.1) is 0 Å². The third-order valence-electron chi connectivity index (χ3n) is 5.60. The summed E-state index contributed by atoms with van der Waals surface area (Å²) in [5.74, 6) is 2.33. The summed E-state index contributed by atoms with van der Waals surface area (Å²) in [5, 5.41) is 7.56. The van der Waals surface area contributed by atoms with Gasteiger partial charge >= 0.3 is 0 Å². The molecule has 0 spiro atoms. The zero-order valence-electron chi connectivity index (χ0n) is 18.2. The van der Waals surface area contributed by atoms with E-state index in [1.54, 1.807) is 13.3 Å². The van der Waals surface area contributed by atoms with E-state index in [0.717, 1.165) is 54.4 Å². The van der Waals surface area contributed by atoms with Gasteiger partial charge in [0, 0.05) is 43.5 Å². The van der Waals surface area contributed by atoms with Crippen molar-refractivity contribution in [2.24, 2.45) is 5.92 Å². The number of hydrogen-bond acceptors (Lipinski definition) is 6. The first-order valence-electron chi connectivity index (χ1n) is 10.6. The number of benzene rings is 1. The van der Waals surface area contributed by atoms with E-state index in [1.165, 1.54) is 0 Å². The molecule has 3 heterocycles. The molecule has 4 rings (SSSR count). The van der Waals surface area contributed by atoms with E-state index in [1.807, 2.05) is 54.9 Å². The summed E-state index contributed by atoms with van der Waals surface area (Å²) in [5.41, 5.74) is 3.02. The number of carbonyl (C=O) groups excluding carboxylic acids is 1. The maximum absolute atomic E-state index is 12.6. The number of carbonyl (C=O) groups is 1. The molecule has 1 amide bonds. The third-order valence-corrected chi connectivity index (χ3v) is 5.60. The van der Waals surface area contributed by atoms with Crippen molar-refractivity contribution in [1.82, 2.24) is 25.1 Å². The predicted molar refractivity (Wildman–Crippen MR) is 118 cm³/mol. The van der Waals surface area contributed by atoms with E-state index in [-0.39, 0.29) is 11.8 Å². The van der Waals surface area contributed by atoms with Crippen molar-refractivity contribution < 1.29 is 9.53 Å². The fraction of sp³-hybridized carbons (Fsp3) is 0.391. The largest absolute Gasteiger partial charge is 0.497 e. The molecule has 8 nitrogen and oxygen atoms in total. The van der Waals surface area contributed by atoms with Crippen molar-refractivity contribution in [3.05, 3.63) is 59.5 Å². The van der Waals surface area contributed by atoms with Crippen LogP contribution in [0.2, 0.25) is 0 Å². The van der Waals surface area contributed by atoms with Gasteiger partial charge in [-0.05, 0) is 50.5 Å². The topological polar surface area (TPSA) is 85.2 Å². The number of ether oxygens (including phenoxy) is 1. The number of nitrogens with zero attached hydrogens (tertiary/aromatic N) is 5. The van der Waals surface area contributed by atoms with E-state index < -0.39 is 0 Å². The zero-order chi connectivity index (χ0) is 21.8. The number of aryl methyl sites for hydroxylation is 2. The molecule has 0 saturated carbocycles. The fourth-order valence-corrected chi connectivity index (χ4v) is 3.93. The van der Waals surface area contributed by atoms with Gasteiger partial charge in [0.2, 0.25) is 11.9 Å². The molecule has 0 radical (unpaired) electrons. The maximum Gasteiger partial charge on any atom is 0.227 e. The average Bonchev–Trinajstić information content (AvgIpc) is 3.15. The van der Waals surface area contributed by atoms with Gasteiger partial charge in [-0.2, -0.15) is 10.1 Å². The molecular formula is C23H28N6O2. The van der Waals surface area contributed by atoms with Gasteiger partial charge in [-0.1, -0.05) is 12.1 Å². The van der Waals surface area contributed by atoms with Crippen LogP contribution in [0.4, 0.5) is 5.95 Å². The minimum Gasteiger partial charge on any atom is -0.497 e. The maximum atomic E-state index is 12.6. The fourth-order valence-electron chi connectivity index (χ4n) is 3.93. The standard InChI is InChI=1S/C23H28N6O2/c1-16-13-17(2)29(27-16)21-7-10-24-23(26-21)28-11-8-19(9-12-28)22(30)25-15-18-5-4-6-20(14-18)31-3/h4-7,10,13-14,19H,8-9,11-12,15H2,1-3H3,(H,25,30). The van der Waals surface area contributed by atoms with Crippen molar-refractivity contribution in [2.75, 3.05) is 25.1 Å². The highest BCUT2D eigenvalue weighted by Gasteiger charge is 2.26. The first-order chi connectivity index (χ1) is 15.0. The second kappa shape index (κ2) is 9.16. The van der Waals surface area contributed by atoms with E-state index in [0.29, 0.717) is 12.5 Å². The molecule has 1 aliphatic heterocycles.